The third kappa shape index (κ3) is 4.55. The number of nitrogens with one attached hydrogen (secondary N) is 1. The van der Waals surface area contributed by atoms with Gasteiger partial charge in [-0.2, -0.15) is 0 Å². The Morgan fingerprint density at radius 1 is 1.56 bits per heavy atom. The molecule has 0 aliphatic carbocycles. The molecule has 1 heterocycles. The van der Waals surface area contributed by atoms with Crippen LogP contribution in [-0.4, -0.2) is 23.0 Å². The average molecular weight is 265 g/mol. The number of carbonyl (C=O) groups excluding carboxylic acids is 1. The SMILES string of the molecule is C=CCC(NC(=O)/C=C/c1ccc(C)s1)C(=O)O. The second-order valence-electron chi connectivity index (χ2n) is 3.71. The summed E-state index contributed by atoms with van der Waals surface area (Å²) in [6.07, 6.45) is 4.67. The van der Waals surface area contributed by atoms with Crippen LogP contribution < -0.4 is 5.32 Å². The lowest BCUT2D eigenvalue weighted by atomic mass is 10.2. The van der Waals surface area contributed by atoms with Crippen LogP contribution in [0.1, 0.15) is 16.2 Å². The third-order valence-electron chi connectivity index (χ3n) is 2.18. The highest BCUT2D eigenvalue weighted by atomic mass is 32.1. The molecule has 0 saturated heterocycles. The molecular weight excluding hydrogens is 250 g/mol. The number of carboxylic acid groups (broad SMARTS) is 1. The number of carbonyl (C=O) groups is 2. The molecule has 0 fully saturated rings. The van der Waals surface area contributed by atoms with Crippen molar-refractivity contribution in [1.82, 2.24) is 5.32 Å². The maximum absolute atomic E-state index is 11.5. The third-order valence-corrected chi connectivity index (χ3v) is 3.14. The Balaban J connectivity index is 2.57. The molecule has 0 saturated carbocycles. The van der Waals surface area contributed by atoms with Crippen LogP contribution in [-0.2, 0) is 9.59 Å². The van der Waals surface area contributed by atoms with Gasteiger partial charge in [0.25, 0.3) is 0 Å². The minimum absolute atomic E-state index is 0.201. The van der Waals surface area contributed by atoms with Gasteiger partial charge in [0.05, 0.1) is 0 Å². The molecule has 0 aliphatic rings. The summed E-state index contributed by atoms with van der Waals surface area (Å²) in [5.41, 5.74) is 0. The van der Waals surface area contributed by atoms with Gasteiger partial charge >= 0.3 is 5.97 Å². The summed E-state index contributed by atoms with van der Waals surface area (Å²) < 4.78 is 0. The summed E-state index contributed by atoms with van der Waals surface area (Å²) in [5.74, 6) is -1.49. The summed E-state index contributed by atoms with van der Waals surface area (Å²) >= 11 is 1.57. The van der Waals surface area contributed by atoms with E-state index >= 15 is 0 Å². The molecule has 0 bridgehead atoms. The maximum Gasteiger partial charge on any atom is 0.326 e. The molecule has 1 unspecified atom stereocenters. The Morgan fingerprint density at radius 3 is 2.78 bits per heavy atom. The first-order chi connectivity index (χ1) is 8.52. The number of amides is 1. The van der Waals surface area contributed by atoms with Crippen LogP contribution in [0.3, 0.4) is 0 Å². The Bertz CT molecular complexity index is 476. The number of rotatable bonds is 6. The van der Waals surface area contributed by atoms with Crippen molar-refractivity contribution >= 4 is 29.3 Å². The molecule has 1 amide bonds. The first-order valence-corrected chi connectivity index (χ1v) is 6.23. The number of hydrogen-bond donors (Lipinski definition) is 2. The van der Waals surface area contributed by atoms with E-state index in [2.05, 4.69) is 11.9 Å². The Kier molecular flexibility index (Phi) is 5.32. The molecule has 1 aromatic rings. The summed E-state index contributed by atoms with van der Waals surface area (Å²) in [7, 11) is 0. The highest BCUT2D eigenvalue weighted by molar-refractivity contribution is 7.12. The van der Waals surface area contributed by atoms with Crippen LogP contribution in [0.5, 0.6) is 0 Å². The molecule has 5 heteroatoms. The van der Waals surface area contributed by atoms with Crippen molar-refractivity contribution in [2.45, 2.75) is 19.4 Å². The van der Waals surface area contributed by atoms with E-state index in [9.17, 15) is 9.59 Å². The van der Waals surface area contributed by atoms with Crippen LogP contribution in [0.2, 0.25) is 0 Å². The lowest BCUT2D eigenvalue weighted by Gasteiger charge is -2.10. The zero-order valence-electron chi connectivity index (χ0n) is 10.1. The maximum atomic E-state index is 11.5. The van der Waals surface area contributed by atoms with E-state index in [1.54, 1.807) is 17.4 Å². The second-order valence-corrected chi connectivity index (χ2v) is 5.03. The van der Waals surface area contributed by atoms with Crippen LogP contribution in [0, 0.1) is 6.92 Å². The number of aryl methyl sites for hydroxylation is 1. The Labute approximate surface area is 110 Å². The van der Waals surface area contributed by atoms with Gasteiger partial charge in [0.15, 0.2) is 0 Å². The quantitative estimate of drug-likeness (QED) is 0.612. The van der Waals surface area contributed by atoms with Crippen molar-refractivity contribution in [2.24, 2.45) is 0 Å². The first-order valence-electron chi connectivity index (χ1n) is 5.41. The highest BCUT2D eigenvalue weighted by Crippen LogP contribution is 2.16. The van der Waals surface area contributed by atoms with E-state index in [0.29, 0.717) is 0 Å². The Hall–Kier alpha value is -1.88. The van der Waals surface area contributed by atoms with Gasteiger partial charge < -0.3 is 10.4 Å². The summed E-state index contributed by atoms with van der Waals surface area (Å²) in [5, 5.41) is 11.3. The van der Waals surface area contributed by atoms with E-state index in [0.717, 1.165) is 9.75 Å². The van der Waals surface area contributed by atoms with Crippen molar-refractivity contribution in [2.75, 3.05) is 0 Å². The molecule has 1 rings (SSSR count). The molecule has 96 valence electrons. The van der Waals surface area contributed by atoms with Crippen molar-refractivity contribution in [3.63, 3.8) is 0 Å². The topological polar surface area (TPSA) is 66.4 Å². The molecule has 0 spiro atoms. The van der Waals surface area contributed by atoms with Crippen molar-refractivity contribution in [1.29, 1.82) is 0 Å². The van der Waals surface area contributed by atoms with Gasteiger partial charge in [-0.05, 0) is 31.6 Å². The second kappa shape index (κ2) is 6.76. The Morgan fingerprint density at radius 2 is 2.28 bits per heavy atom. The van der Waals surface area contributed by atoms with Crippen molar-refractivity contribution < 1.29 is 14.7 Å². The largest absolute Gasteiger partial charge is 0.480 e. The number of thiophene rings is 1. The summed E-state index contributed by atoms with van der Waals surface area (Å²) in [4.78, 5) is 24.5. The number of carboxylic acids is 1. The van der Waals surface area contributed by atoms with Gasteiger partial charge in [-0.1, -0.05) is 6.08 Å². The summed E-state index contributed by atoms with van der Waals surface area (Å²) in [6.45, 7) is 5.43. The lowest BCUT2D eigenvalue weighted by molar-refractivity contribution is -0.141. The molecule has 0 radical (unpaired) electrons. The zero-order chi connectivity index (χ0) is 13.5. The van der Waals surface area contributed by atoms with Crippen molar-refractivity contribution in [3.8, 4) is 0 Å². The molecular formula is C13H15NO3S. The molecule has 2 N–H and O–H groups in total. The van der Waals surface area contributed by atoms with E-state index in [1.165, 1.54) is 12.2 Å². The van der Waals surface area contributed by atoms with E-state index in [-0.39, 0.29) is 6.42 Å². The minimum atomic E-state index is -1.07. The van der Waals surface area contributed by atoms with Gasteiger partial charge in [-0.3, -0.25) is 4.79 Å². The van der Waals surface area contributed by atoms with E-state index < -0.39 is 17.9 Å². The smallest absolute Gasteiger partial charge is 0.326 e. The predicted octanol–water partition coefficient (Wildman–Crippen LogP) is 2.22. The van der Waals surface area contributed by atoms with Gasteiger partial charge in [-0.25, -0.2) is 4.79 Å². The number of hydrogen-bond acceptors (Lipinski definition) is 3. The van der Waals surface area contributed by atoms with Crippen LogP contribution >= 0.6 is 11.3 Å². The minimum Gasteiger partial charge on any atom is -0.480 e. The molecule has 1 aromatic heterocycles. The molecule has 1 atom stereocenters. The predicted molar refractivity (Wildman–Crippen MR) is 72.5 cm³/mol. The fourth-order valence-corrected chi connectivity index (χ4v) is 2.09. The van der Waals surface area contributed by atoms with Gasteiger partial charge in [0.1, 0.15) is 6.04 Å². The molecule has 4 nitrogen and oxygen atoms in total. The van der Waals surface area contributed by atoms with Gasteiger partial charge in [-0.15, -0.1) is 17.9 Å². The fraction of sp³-hybridized carbons (Fsp3) is 0.231. The van der Waals surface area contributed by atoms with Crippen LogP contribution in [0.4, 0.5) is 0 Å². The monoisotopic (exact) mass is 265 g/mol. The molecule has 0 aromatic carbocycles. The zero-order valence-corrected chi connectivity index (χ0v) is 10.9. The van der Waals surface area contributed by atoms with E-state index in [1.807, 2.05) is 19.1 Å². The summed E-state index contributed by atoms with van der Waals surface area (Å²) in [6, 6.07) is 2.94. The molecule has 0 aliphatic heterocycles. The fourth-order valence-electron chi connectivity index (χ4n) is 1.31. The van der Waals surface area contributed by atoms with Gasteiger partial charge in [0, 0.05) is 15.8 Å². The van der Waals surface area contributed by atoms with Gasteiger partial charge in [0.2, 0.25) is 5.91 Å². The average Bonchev–Trinajstić information content (AvgIpc) is 2.72. The van der Waals surface area contributed by atoms with Crippen LogP contribution in [0.15, 0.2) is 30.9 Å². The first kappa shape index (κ1) is 14.2. The molecule has 18 heavy (non-hydrogen) atoms. The van der Waals surface area contributed by atoms with Crippen LogP contribution in [0.25, 0.3) is 6.08 Å². The number of aliphatic carboxylic acids is 1. The normalized spacial score (nSPS) is 12.3. The highest BCUT2D eigenvalue weighted by Gasteiger charge is 2.16. The van der Waals surface area contributed by atoms with Crippen molar-refractivity contribution in [3.05, 3.63) is 40.6 Å². The van der Waals surface area contributed by atoms with E-state index in [4.69, 9.17) is 5.11 Å². The lowest BCUT2D eigenvalue weighted by Crippen LogP contribution is -2.39. The standard InChI is InChI=1S/C13H15NO3S/c1-3-4-11(13(16)17)14-12(15)8-7-10-6-5-9(2)18-10/h3,5-8,11H,1,4H2,2H3,(H,14,15)(H,16,17)/b8-7+.